The Labute approximate surface area is 177 Å². The van der Waals surface area contributed by atoms with Gasteiger partial charge in [0.25, 0.3) is 0 Å². The molecule has 10 heteroatoms. The van der Waals surface area contributed by atoms with Crippen LogP contribution in [-0.2, 0) is 32.1 Å². The average molecular weight is 432 g/mol. The van der Waals surface area contributed by atoms with E-state index < -0.39 is 11.7 Å². The van der Waals surface area contributed by atoms with E-state index in [0.29, 0.717) is 31.0 Å². The summed E-state index contributed by atoms with van der Waals surface area (Å²) in [6.45, 7) is 1.35. The van der Waals surface area contributed by atoms with E-state index in [0.717, 1.165) is 36.6 Å². The topological polar surface area (TPSA) is 80.3 Å². The van der Waals surface area contributed by atoms with E-state index in [1.807, 2.05) is 16.8 Å². The molecular weight excluding hydrogens is 409 g/mol. The van der Waals surface area contributed by atoms with Crippen LogP contribution in [0, 0.1) is 0 Å². The van der Waals surface area contributed by atoms with Crippen molar-refractivity contribution in [3.05, 3.63) is 71.7 Å². The second-order valence-electron chi connectivity index (χ2n) is 7.36. The Morgan fingerprint density at radius 2 is 2.16 bits per heavy atom. The number of nitrogens with zero attached hydrogens (tertiary/aromatic N) is 4. The summed E-state index contributed by atoms with van der Waals surface area (Å²) in [7, 11) is 0. The van der Waals surface area contributed by atoms with Crippen LogP contribution in [0.4, 0.5) is 13.2 Å². The summed E-state index contributed by atoms with van der Waals surface area (Å²) in [5.74, 6) is 2.33. The van der Waals surface area contributed by atoms with Gasteiger partial charge in [0.2, 0.25) is 0 Å². The fourth-order valence-electron chi connectivity index (χ4n) is 3.48. The fraction of sp³-hybridized carbons (Fsp3) is 0.381. The summed E-state index contributed by atoms with van der Waals surface area (Å²) in [5.41, 5.74) is -0.185. The highest BCUT2D eigenvalue weighted by Crippen LogP contribution is 2.29. The molecule has 0 fully saturated rings. The Balaban J connectivity index is 1.43. The maximum Gasteiger partial charge on any atom is 0.416 e. The summed E-state index contributed by atoms with van der Waals surface area (Å²) in [6, 6.07) is 9.04. The molecule has 2 aromatic heterocycles. The minimum absolute atomic E-state index is 0.0885. The maximum atomic E-state index is 13.0. The molecule has 7 nitrogen and oxygen atoms in total. The second-order valence-corrected chi connectivity index (χ2v) is 7.36. The third-order valence-electron chi connectivity index (χ3n) is 5.06. The smallest absolute Gasteiger partial charge is 0.416 e. The number of aromatic nitrogens is 3. The molecule has 1 atom stereocenters. The highest BCUT2D eigenvalue weighted by Gasteiger charge is 2.30. The van der Waals surface area contributed by atoms with Crippen LogP contribution in [0.3, 0.4) is 0 Å². The molecule has 1 aliphatic rings. The number of nitrogens with one attached hydrogen (secondary N) is 2. The summed E-state index contributed by atoms with van der Waals surface area (Å²) in [4.78, 5) is 8.75. The number of guanidine groups is 1. The highest BCUT2D eigenvalue weighted by atomic mass is 19.4. The molecule has 2 N–H and O–H groups in total. The molecule has 1 aliphatic heterocycles. The van der Waals surface area contributed by atoms with E-state index in [-0.39, 0.29) is 12.6 Å². The van der Waals surface area contributed by atoms with Gasteiger partial charge in [-0.3, -0.25) is 0 Å². The minimum Gasteiger partial charge on any atom is -0.469 e. The van der Waals surface area contributed by atoms with Gasteiger partial charge in [0, 0.05) is 25.4 Å². The lowest BCUT2D eigenvalue weighted by Gasteiger charge is -2.25. The van der Waals surface area contributed by atoms with Gasteiger partial charge in [0.05, 0.1) is 24.9 Å². The number of furan rings is 1. The van der Waals surface area contributed by atoms with E-state index in [9.17, 15) is 13.2 Å². The number of fused-ring (bicyclic) bond motifs is 1. The van der Waals surface area contributed by atoms with Gasteiger partial charge in [-0.15, -0.1) is 0 Å². The lowest BCUT2D eigenvalue weighted by molar-refractivity contribution is -0.137. The van der Waals surface area contributed by atoms with Crippen molar-refractivity contribution < 1.29 is 17.6 Å². The molecule has 3 heterocycles. The zero-order valence-corrected chi connectivity index (χ0v) is 16.8. The van der Waals surface area contributed by atoms with Gasteiger partial charge in [-0.25, -0.2) is 14.7 Å². The number of aliphatic imine (C=N–C) groups is 1. The summed E-state index contributed by atoms with van der Waals surface area (Å²) in [6.07, 6.45) is 1.11. The van der Waals surface area contributed by atoms with Crippen LogP contribution in [0.2, 0.25) is 0 Å². The zero-order valence-electron chi connectivity index (χ0n) is 16.8. The molecule has 31 heavy (non-hydrogen) atoms. The number of hydrogen-bond donors (Lipinski definition) is 2. The van der Waals surface area contributed by atoms with E-state index in [4.69, 9.17) is 4.42 Å². The average Bonchev–Trinajstić information content (AvgIpc) is 3.43. The van der Waals surface area contributed by atoms with Gasteiger partial charge >= 0.3 is 6.18 Å². The van der Waals surface area contributed by atoms with Crippen molar-refractivity contribution >= 4 is 5.96 Å². The number of rotatable bonds is 6. The molecular formula is C21H23F3N6O. The van der Waals surface area contributed by atoms with Crippen molar-refractivity contribution in [2.75, 3.05) is 6.54 Å². The van der Waals surface area contributed by atoms with Crippen molar-refractivity contribution in [3.63, 3.8) is 0 Å². The normalized spacial score (nSPS) is 16.7. The third kappa shape index (κ3) is 5.65. The van der Waals surface area contributed by atoms with Gasteiger partial charge in [-0.1, -0.05) is 12.1 Å². The summed E-state index contributed by atoms with van der Waals surface area (Å²) < 4.78 is 46.2. The number of alkyl halides is 3. The maximum absolute atomic E-state index is 13.0. The SMILES string of the molecule is FC(F)(F)c1cccc(CN=C(NCCc2ccco2)NC2CCc3ncnn3C2)c1. The quantitative estimate of drug-likeness (QED) is 0.462. The van der Waals surface area contributed by atoms with Crippen LogP contribution < -0.4 is 10.6 Å². The first-order chi connectivity index (χ1) is 15.0. The van der Waals surface area contributed by atoms with Crippen LogP contribution in [0.15, 0.2) is 58.4 Å². The lowest BCUT2D eigenvalue weighted by Crippen LogP contribution is -2.47. The highest BCUT2D eigenvalue weighted by molar-refractivity contribution is 5.80. The van der Waals surface area contributed by atoms with Crippen LogP contribution >= 0.6 is 0 Å². The summed E-state index contributed by atoms with van der Waals surface area (Å²) in [5, 5.41) is 10.9. The Morgan fingerprint density at radius 3 is 2.97 bits per heavy atom. The first kappa shape index (κ1) is 21.0. The number of aryl methyl sites for hydroxylation is 1. The van der Waals surface area contributed by atoms with Gasteiger partial charge in [-0.2, -0.15) is 18.3 Å². The van der Waals surface area contributed by atoms with Crippen LogP contribution in [0.25, 0.3) is 0 Å². The van der Waals surface area contributed by atoms with Crippen molar-refractivity contribution in [1.82, 2.24) is 25.4 Å². The zero-order chi connectivity index (χ0) is 21.7. The molecule has 0 bridgehead atoms. The summed E-state index contributed by atoms with van der Waals surface area (Å²) >= 11 is 0. The van der Waals surface area contributed by atoms with E-state index >= 15 is 0 Å². The Bertz CT molecular complexity index is 1010. The molecule has 0 saturated carbocycles. The molecule has 164 valence electrons. The predicted octanol–water partition coefficient (Wildman–Crippen LogP) is 3.18. The predicted molar refractivity (Wildman–Crippen MR) is 108 cm³/mol. The molecule has 1 unspecified atom stereocenters. The minimum atomic E-state index is -4.38. The standard InChI is InChI=1S/C21H23F3N6O/c22-21(23,24)16-4-1-3-15(11-16)12-26-20(25-9-8-18-5-2-10-31-18)29-17-6-7-19-27-14-28-30(19)13-17/h1-5,10-11,14,17H,6-9,12-13H2,(H2,25,26,29). The first-order valence-corrected chi connectivity index (χ1v) is 10.1. The lowest BCUT2D eigenvalue weighted by atomic mass is 10.1. The van der Waals surface area contributed by atoms with Gasteiger partial charge in [0.1, 0.15) is 17.9 Å². The molecule has 3 aromatic rings. The molecule has 0 aliphatic carbocycles. The largest absolute Gasteiger partial charge is 0.469 e. The number of hydrogen-bond acceptors (Lipinski definition) is 4. The van der Waals surface area contributed by atoms with Crippen molar-refractivity contribution in [3.8, 4) is 0 Å². The van der Waals surface area contributed by atoms with Gasteiger partial charge < -0.3 is 15.1 Å². The monoisotopic (exact) mass is 432 g/mol. The molecule has 0 spiro atoms. The van der Waals surface area contributed by atoms with Gasteiger partial charge in [0.15, 0.2) is 5.96 Å². The Morgan fingerprint density at radius 1 is 1.26 bits per heavy atom. The second kappa shape index (κ2) is 9.23. The van der Waals surface area contributed by atoms with Crippen LogP contribution in [0.5, 0.6) is 0 Å². The van der Waals surface area contributed by atoms with Crippen molar-refractivity contribution in [1.29, 1.82) is 0 Å². The van der Waals surface area contributed by atoms with Crippen molar-refractivity contribution in [2.24, 2.45) is 4.99 Å². The molecule has 0 amide bonds. The van der Waals surface area contributed by atoms with E-state index in [2.05, 4.69) is 25.7 Å². The molecule has 0 radical (unpaired) electrons. The number of benzene rings is 1. The number of halogens is 3. The van der Waals surface area contributed by atoms with Crippen LogP contribution in [-0.4, -0.2) is 33.3 Å². The van der Waals surface area contributed by atoms with Crippen molar-refractivity contribution in [2.45, 2.75) is 44.6 Å². The Kier molecular flexibility index (Phi) is 6.24. The van der Waals surface area contributed by atoms with E-state index in [1.165, 1.54) is 6.07 Å². The Hall–Kier alpha value is -3.30. The fourth-order valence-corrected chi connectivity index (χ4v) is 3.48. The van der Waals surface area contributed by atoms with E-state index in [1.54, 1.807) is 18.7 Å². The van der Waals surface area contributed by atoms with Crippen LogP contribution in [0.1, 0.15) is 29.1 Å². The molecule has 0 saturated heterocycles. The molecule has 1 aromatic carbocycles. The van der Waals surface area contributed by atoms with Gasteiger partial charge in [-0.05, 0) is 36.2 Å². The third-order valence-corrected chi connectivity index (χ3v) is 5.06. The first-order valence-electron chi connectivity index (χ1n) is 10.1. The molecule has 4 rings (SSSR count).